The SMILES string of the molecule is CN1CCC(N2c3ccc([N+](=O)[O-])cc3CCC2C=O)CC1. The summed E-state index contributed by atoms with van der Waals surface area (Å²) in [4.78, 5) is 26.6. The second kappa shape index (κ2) is 6.04. The van der Waals surface area contributed by atoms with E-state index in [1.165, 1.54) is 0 Å². The average molecular weight is 303 g/mol. The third-order valence-corrected chi connectivity index (χ3v) is 4.86. The Bertz CT molecular complexity index is 582. The number of nitro groups is 1. The minimum atomic E-state index is -0.355. The van der Waals surface area contributed by atoms with Crippen molar-refractivity contribution in [1.29, 1.82) is 0 Å². The number of carbonyl (C=O) groups excluding carboxylic acids is 1. The molecule has 0 N–H and O–H groups in total. The lowest BCUT2D eigenvalue weighted by atomic mass is 9.91. The van der Waals surface area contributed by atoms with Crippen LogP contribution < -0.4 is 4.90 Å². The van der Waals surface area contributed by atoms with E-state index in [0.717, 1.165) is 56.3 Å². The van der Waals surface area contributed by atoms with Crippen LogP contribution in [-0.4, -0.2) is 48.3 Å². The van der Waals surface area contributed by atoms with E-state index in [4.69, 9.17) is 0 Å². The molecule has 6 nitrogen and oxygen atoms in total. The molecule has 0 bridgehead atoms. The zero-order chi connectivity index (χ0) is 15.7. The molecule has 6 heteroatoms. The largest absolute Gasteiger partial charge is 0.358 e. The van der Waals surface area contributed by atoms with Crippen molar-refractivity contribution in [2.24, 2.45) is 0 Å². The van der Waals surface area contributed by atoms with E-state index in [1.54, 1.807) is 12.1 Å². The average Bonchev–Trinajstić information content (AvgIpc) is 2.54. The zero-order valence-electron chi connectivity index (χ0n) is 12.8. The molecule has 1 atom stereocenters. The highest BCUT2D eigenvalue weighted by atomic mass is 16.6. The Morgan fingerprint density at radius 2 is 2.00 bits per heavy atom. The summed E-state index contributed by atoms with van der Waals surface area (Å²) in [5, 5.41) is 11.0. The summed E-state index contributed by atoms with van der Waals surface area (Å²) in [5.74, 6) is 0. The lowest BCUT2D eigenvalue weighted by Gasteiger charge is -2.44. The van der Waals surface area contributed by atoms with Gasteiger partial charge in [0.1, 0.15) is 6.29 Å². The Morgan fingerprint density at radius 3 is 2.64 bits per heavy atom. The van der Waals surface area contributed by atoms with E-state index >= 15 is 0 Å². The molecule has 2 aliphatic heterocycles. The first-order valence-corrected chi connectivity index (χ1v) is 7.79. The third kappa shape index (κ3) is 2.70. The third-order valence-electron chi connectivity index (χ3n) is 4.86. The number of hydrogen-bond donors (Lipinski definition) is 0. The van der Waals surface area contributed by atoms with E-state index in [1.807, 2.05) is 6.07 Å². The van der Waals surface area contributed by atoms with Crippen LogP contribution in [0.25, 0.3) is 0 Å². The first-order valence-electron chi connectivity index (χ1n) is 7.79. The van der Waals surface area contributed by atoms with Crippen molar-refractivity contribution in [2.45, 2.75) is 37.8 Å². The van der Waals surface area contributed by atoms with Gasteiger partial charge in [-0.1, -0.05) is 0 Å². The molecule has 0 spiro atoms. The van der Waals surface area contributed by atoms with Gasteiger partial charge in [-0.25, -0.2) is 0 Å². The molecule has 22 heavy (non-hydrogen) atoms. The zero-order valence-corrected chi connectivity index (χ0v) is 12.8. The highest BCUT2D eigenvalue weighted by Gasteiger charge is 2.33. The fourth-order valence-electron chi connectivity index (χ4n) is 3.63. The van der Waals surface area contributed by atoms with Gasteiger partial charge < -0.3 is 14.6 Å². The van der Waals surface area contributed by atoms with Crippen molar-refractivity contribution in [3.63, 3.8) is 0 Å². The predicted octanol–water partition coefficient (Wildman–Crippen LogP) is 2.01. The molecule has 0 aliphatic carbocycles. The summed E-state index contributed by atoms with van der Waals surface area (Å²) < 4.78 is 0. The molecule has 1 unspecified atom stereocenters. The highest BCUT2D eigenvalue weighted by molar-refractivity contribution is 5.71. The Balaban J connectivity index is 1.93. The molecule has 0 amide bonds. The summed E-state index contributed by atoms with van der Waals surface area (Å²) >= 11 is 0. The lowest BCUT2D eigenvalue weighted by Crippen LogP contribution is -2.51. The first kappa shape index (κ1) is 15.0. The highest BCUT2D eigenvalue weighted by Crippen LogP contribution is 2.36. The molecule has 3 rings (SSSR count). The van der Waals surface area contributed by atoms with Crippen LogP contribution in [0.3, 0.4) is 0 Å². The van der Waals surface area contributed by atoms with Crippen LogP contribution in [0.4, 0.5) is 11.4 Å². The molecule has 2 aliphatic rings. The summed E-state index contributed by atoms with van der Waals surface area (Å²) in [5.41, 5.74) is 2.13. The van der Waals surface area contributed by atoms with E-state index in [2.05, 4.69) is 16.8 Å². The van der Waals surface area contributed by atoms with Crippen LogP contribution in [0.1, 0.15) is 24.8 Å². The van der Waals surface area contributed by atoms with Crippen LogP contribution in [0.2, 0.25) is 0 Å². The minimum absolute atomic E-state index is 0.109. The topological polar surface area (TPSA) is 66.7 Å². The van der Waals surface area contributed by atoms with Gasteiger partial charge in [-0.2, -0.15) is 0 Å². The van der Waals surface area contributed by atoms with Crippen LogP contribution >= 0.6 is 0 Å². The van der Waals surface area contributed by atoms with Gasteiger partial charge in [0.15, 0.2) is 0 Å². The summed E-state index contributed by atoms with van der Waals surface area (Å²) in [6, 6.07) is 5.27. The van der Waals surface area contributed by atoms with Gasteiger partial charge in [0.05, 0.1) is 11.0 Å². The number of rotatable bonds is 3. The molecule has 118 valence electrons. The Morgan fingerprint density at radius 1 is 1.27 bits per heavy atom. The molecule has 0 saturated carbocycles. The molecule has 1 saturated heterocycles. The molecule has 1 fully saturated rings. The van der Waals surface area contributed by atoms with Gasteiger partial charge in [-0.15, -0.1) is 0 Å². The Kier molecular flexibility index (Phi) is 4.11. The molecular formula is C16H21N3O3. The maximum Gasteiger partial charge on any atom is 0.269 e. The number of nitrogens with zero attached hydrogens (tertiary/aromatic N) is 3. The van der Waals surface area contributed by atoms with Crippen LogP contribution in [0, 0.1) is 10.1 Å². The van der Waals surface area contributed by atoms with Crippen molar-refractivity contribution in [3.05, 3.63) is 33.9 Å². The number of non-ortho nitro benzene ring substituents is 1. The number of fused-ring (bicyclic) bond motifs is 1. The van der Waals surface area contributed by atoms with E-state index < -0.39 is 0 Å². The van der Waals surface area contributed by atoms with Crippen molar-refractivity contribution >= 4 is 17.7 Å². The van der Waals surface area contributed by atoms with Gasteiger partial charge in [-0.3, -0.25) is 10.1 Å². The minimum Gasteiger partial charge on any atom is -0.358 e. The van der Waals surface area contributed by atoms with E-state index in [0.29, 0.717) is 6.04 Å². The standard InChI is InChI=1S/C16H21N3O3/c1-17-8-6-13(7-9-17)18-15(11-20)3-2-12-10-14(19(21)22)4-5-16(12)18/h4-5,10-11,13,15H,2-3,6-9H2,1H3. The number of aldehydes is 1. The number of anilines is 1. The van der Waals surface area contributed by atoms with Gasteiger partial charge >= 0.3 is 0 Å². The number of piperidine rings is 1. The second-order valence-electron chi connectivity index (χ2n) is 6.25. The maximum atomic E-state index is 11.5. The van der Waals surface area contributed by atoms with E-state index in [-0.39, 0.29) is 16.7 Å². The van der Waals surface area contributed by atoms with Gasteiger partial charge in [-0.05, 0) is 57.5 Å². The Hall–Kier alpha value is -1.95. The summed E-state index contributed by atoms with van der Waals surface area (Å²) in [7, 11) is 2.11. The number of benzene rings is 1. The monoisotopic (exact) mass is 303 g/mol. The van der Waals surface area contributed by atoms with Gasteiger partial charge in [0.2, 0.25) is 0 Å². The van der Waals surface area contributed by atoms with Gasteiger partial charge in [0, 0.05) is 23.9 Å². The normalized spacial score (nSPS) is 23.1. The number of carbonyl (C=O) groups is 1. The predicted molar refractivity (Wildman–Crippen MR) is 84.3 cm³/mol. The van der Waals surface area contributed by atoms with Crippen molar-refractivity contribution in [1.82, 2.24) is 4.90 Å². The van der Waals surface area contributed by atoms with Crippen molar-refractivity contribution in [2.75, 3.05) is 25.0 Å². The quantitative estimate of drug-likeness (QED) is 0.485. The molecule has 1 aromatic carbocycles. The first-order chi connectivity index (χ1) is 10.6. The fraction of sp³-hybridized carbons (Fsp3) is 0.562. The Labute approximate surface area is 129 Å². The summed E-state index contributed by atoms with van der Waals surface area (Å²) in [6.07, 6.45) is 4.55. The van der Waals surface area contributed by atoms with Crippen LogP contribution in [0.5, 0.6) is 0 Å². The van der Waals surface area contributed by atoms with Crippen molar-refractivity contribution < 1.29 is 9.72 Å². The molecule has 0 aromatic heterocycles. The number of aryl methyl sites for hydroxylation is 1. The van der Waals surface area contributed by atoms with E-state index in [9.17, 15) is 14.9 Å². The second-order valence-corrected chi connectivity index (χ2v) is 6.25. The maximum absolute atomic E-state index is 11.5. The van der Waals surface area contributed by atoms with Crippen LogP contribution in [0.15, 0.2) is 18.2 Å². The van der Waals surface area contributed by atoms with Crippen molar-refractivity contribution in [3.8, 4) is 0 Å². The fourth-order valence-corrected chi connectivity index (χ4v) is 3.63. The smallest absolute Gasteiger partial charge is 0.269 e. The number of nitro benzene ring substituents is 1. The molecular weight excluding hydrogens is 282 g/mol. The molecule has 0 radical (unpaired) electrons. The lowest BCUT2D eigenvalue weighted by molar-refractivity contribution is -0.384. The number of likely N-dealkylation sites (tertiary alicyclic amines) is 1. The molecule has 2 heterocycles. The van der Waals surface area contributed by atoms with Crippen LogP contribution in [-0.2, 0) is 11.2 Å². The van der Waals surface area contributed by atoms with Gasteiger partial charge in [0.25, 0.3) is 5.69 Å². The number of hydrogen-bond acceptors (Lipinski definition) is 5. The molecule has 1 aromatic rings. The summed E-state index contributed by atoms with van der Waals surface area (Å²) in [6.45, 7) is 2.05.